The van der Waals surface area contributed by atoms with Crippen LogP contribution in [0.15, 0.2) is 71.6 Å². The van der Waals surface area contributed by atoms with Crippen molar-refractivity contribution in [1.82, 2.24) is 0 Å². The lowest BCUT2D eigenvalue weighted by molar-refractivity contribution is -0.108. The molecule has 3 aromatic rings. The first-order chi connectivity index (χ1) is 14.3. The van der Waals surface area contributed by atoms with Gasteiger partial charge in [-0.2, -0.15) is 0 Å². The minimum Gasteiger partial charge on any atom is -0.456 e. The molecule has 8 heteroatoms. The van der Waals surface area contributed by atoms with Crippen molar-refractivity contribution >= 4 is 39.2 Å². The van der Waals surface area contributed by atoms with E-state index in [-0.39, 0.29) is 9.92 Å². The quantitative estimate of drug-likeness (QED) is 0.606. The third-order valence-corrected chi connectivity index (χ3v) is 6.07. The van der Waals surface area contributed by atoms with Gasteiger partial charge < -0.3 is 9.53 Å². The molecule has 0 fully saturated rings. The van der Waals surface area contributed by atoms with Gasteiger partial charge in [-0.1, -0.05) is 35.9 Å². The maximum Gasteiger partial charge on any atom is 0.238 e. The molecule has 1 heterocycles. The van der Waals surface area contributed by atoms with Crippen LogP contribution in [0.3, 0.4) is 0 Å². The molecule has 4 rings (SSSR count). The first-order valence-electron chi connectivity index (χ1n) is 8.84. The number of ether oxygens (including phenoxy) is 1. The average molecular weight is 444 g/mol. The summed E-state index contributed by atoms with van der Waals surface area (Å²) in [5.41, 5.74) is 2.02. The van der Waals surface area contributed by atoms with Gasteiger partial charge in [0.2, 0.25) is 10.0 Å². The molecule has 3 aromatic carbocycles. The third-order valence-electron chi connectivity index (χ3n) is 4.83. The van der Waals surface area contributed by atoms with Gasteiger partial charge >= 0.3 is 0 Å². The molecule has 0 saturated carbocycles. The molecule has 0 spiro atoms. The molecule has 0 amide bonds. The minimum absolute atomic E-state index is 0.0433. The summed E-state index contributed by atoms with van der Waals surface area (Å²) in [6.07, 6.45) is 0.766. The number of primary sulfonamides is 1. The van der Waals surface area contributed by atoms with Gasteiger partial charge in [0, 0.05) is 16.7 Å². The highest BCUT2D eigenvalue weighted by Gasteiger charge is 2.31. The van der Waals surface area contributed by atoms with Gasteiger partial charge in [0.15, 0.2) is 0 Å². The van der Waals surface area contributed by atoms with Crippen LogP contribution in [0.1, 0.15) is 22.6 Å². The highest BCUT2D eigenvalue weighted by Crippen LogP contribution is 2.46. The number of halogens is 2. The van der Waals surface area contributed by atoms with Crippen molar-refractivity contribution in [3.8, 4) is 5.75 Å². The number of benzene rings is 3. The van der Waals surface area contributed by atoms with Crippen molar-refractivity contribution in [3.63, 3.8) is 0 Å². The van der Waals surface area contributed by atoms with Gasteiger partial charge in [-0.3, -0.25) is 0 Å². The molecule has 1 aliphatic rings. The van der Waals surface area contributed by atoms with Crippen LogP contribution in [-0.4, -0.2) is 14.7 Å². The number of carbonyl (C=O) groups is 1. The molecule has 30 heavy (non-hydrogen) atoms. The van der Waals surface area contributed by atoms with Crippen LogP contribution in [0, 0.1) is 5.82 Å². The Morgan fingerprint density at radius 1 is 1.00 bits per heavy atom. The maximum atomic E-state index is 14.2. The van der Waals surface area contributed by atoms with E-state index in [9.17, 15) is 17.6 Å². The SMILES string of the molecule is NS(=O)(=O)c1ccc(C2=C(c3ccc(Cl)c(F)c3)C(C=O)c3ccccc3O2)cc1. The average Bonchev–Trinajstić information content (AvgIpc) is 2.74. The summed E-state index contributed by atoms with van der Waals surface area (Å²) in [5, 5.41) is 5.13. The Balaban J connectivity index is 1.97. The van der Waals surface area contributed by atoms with Crippen molar-refractivity contribution in [2.24, 2.45) is 5.14 Å². The van der Waals surface area contributed by atoms with Crippen LogP contribution < -0.4 is 9.88 Å². The van der Waals surface area contributed by atoms with Crippen LogP contribution in [0.25, 0.3) is 11.3 Å². The molecule has 2 N–H and O–H groups in total. The van der Waals surface area contributed by atoms with Crippen molar-refractivity contribution in [2.75, 3.05) is 0 Å². The summed E-state index contributed by atoms with van der Waals surface area (Å²) in [6.45, 7) is 0. The van der Waals surface area contributed by atoms with Crippen molar-refractivity contribution < 1.29 is 22.3 Å². The highest BCUT2D eigenvalue weighted by atomic mass is 35.5. The van der Waals surface area contributed by atoms with Gasteiger partial charge in [0.05, 0.1) is 15.8 Å². The second-order valence-electron chi connectivity index (χ2n) is 6.69. The van der Waals surface area contributed by atoms with Crippen LogP contribution in [0.5, 0.6) is 5.75 Å². The summed E-state index contributed by atoms with van der Waals surface area (Å²) in [7, 11) is -3.87. The second-order valence-corrected chi connectivity index (χ2v) is 8.66. The third kappa shape index (κ3) is 3.63. The van der Waals surface area contributed by atoms with Gasteiger partial charge in [0.1, 0.15) is 23.6 Å². The molecule has 5 nitrogen and oxygen atoms in total. The molecule has 152 valence electrons. The zero-order chi connectivity index (χ0) is 21.5. The first kappa shape index (κ1) is 20.3. The standard InChI is InChI=1S/C22H15ClFNO4S/c23-18-10-7-14(11-19(18)24)21-17(12-26)16-3-1-2-4-20(16)29-22(21)13-5-8-15(9-6-13)30(25,27)28/h1-12,17H,(H2,25,27,28). The lowest BCUT2D eigenvalue weighted by Gasteiger charge is -2.28. The van der Waals surface area contributed by atoms with Crippen molar-refractivity contribution in [2.45, 2.75) is 10.8 Å². The van der Waals surface area contributed by atoms with Crippen LogP contribution in [-0.2, 0) is 14.8 Å². The van der Waals surface area contributed by atoms with E-state index >= 15 is 0 Å². The van der Waals surface area contributed by atoms with E-state index in [0.717, 1.165) is 6.29 Å². The van der Waals surface area contributed by atoms with Crippen LogP contribution in [0.4, 0.5) is 4.39 Å². The zero-order valence-corrected chi connectivity index (χ0v) is 17.0. The van der Waals surface area contributed by atoms with Crippen molar-refractivity contribution in [1.29, 1.82) is 0 Å². The number of hydrogen-bond acceptors (Lipinski definition) is 4. The first-order valence-corrected chi connectivity index (χ1v) is 10.8. The molecule has 1 aliphatic heterocycles. The molecule has 1 unspecified atom stereocenters. The number of nitrogens with two attached hydrogens (primary N) is 1. The normalized spacial score (nSPS) is 16.0. The number of aldehydes is 1. The van der Waals surface area contributed by atoms with Crippen molar-refractivity contribution in [3.05, 3.63) is 94.3 Å². The second kappa shape index (κ2) is 7.68. The fraction of sp³-hybridized carbons (Fsp3) is 0.0455. The number of hydrogen-bond donors (Lipinski definition) is 1. The zero-order valence-electron chi connectivity index (χ0n) is 15.4. The van der Waals surface area contributed by atoms with E-state index < -0.39 is 21.8 Å². The Morgan fingerprint density at radius 3 is 2.30 bits per heavy atom. The maximum absolute atomic E-state index is 14.2. The van der Waals surface area contributed by atoms with E-state index in [2.05, 4.69) is 0 Å². The Labute approximate surface area is 177 Å². The van der Waals surface area contributed by atoms with E-state index in [1.54, 1.807) is 30.3 Å². The number of sulfonamides is 1. The largest absolute Gasteiger partial charge is 0.456 e. The molecule has 0 aliphatic carbocycles. The monoisotopic (exact) mass is 443 g/mol. The predicted molar refractivity (Wildman–Crippen MR) is 112 cm³/mol. The Bertz CT molecular complexity index is 1290. The van der Waals surface area contributed by atoms with E-state index in [0.29, 0.717) is 33.8 Å². The topological polar surface area (TPSA) is 86.5 Å². The molecular weight excluding hydrogens is 429 g/mol. The summed E-state index contributed by atoms with van der Waals surface area (Å²) < 4.78 is 43.5. The lowest BCUT2D eigenvalue weighted by Crippen LogP contribution is -2.16. The van der Waals surface area contributed by atoms with Crippen LogP contribution in [0.2, 0.25) is 5.02 Å². The van der Waals surface area contributed by atoms with Gasteiger partial charge in [0.25, 0.3) is 0 Å². The fourth-order valence-corrected chi connectivity index (χ4v) is 4.05. The summed E-state index contributed by atoms with van der Waals surface area (Å²) >= 11 is 5.82. The minimum atomic E-state index is -3.87. The number of allylic oxidation sites excluding steroid dienone is 1. The van der Waals surface area contributed by atoms with E-state index in [1.807, 2.05) is 0 Å². The summed E-state index contributed by atoms with van der Waals surface area (Å²) in [4.78, 5) is 12.1. The number of rotatable bonds is 4. The lowest BCUT2D eigenvalue weighted by atomic mass is 9.83. The summed E-state index contributed by atoms with van der Waals surface area (Å²) in [6, 6.07) is 17.0. The number of para-hydroxylation sites is 1. The van der Waals surface area contributed by atoms with Gasteiger partial charge in [-0.05, 0) is 48.0 Å². The smallest absolute Gasteiger partial charge is 0.238 e. The van der Waals surface area contributed by atoms with E-state index in [4.69, 9.17) is 21.5 Å². The Hall–Kier alpha value is -3.00. The molecule has 0 radical (unpaired) electrons. The fourth-order valence-electron chi connectivity index (χ4n) is 3.42. The van der Waals surface area contributed by atoms with Crippen LogP contribution >= 0.6 is 11.6 Å². The molecule has 0 saturated heterocycles. The molecule has 0 bridgehead atoms. The molecule has 0 aromatic heterocycles. The number of fused-ring (bicyclic) bond motifs is 1. The van der Waals surface area contributed by atoms with Gasteiger partial charge in [-0.25, -0.2) is 17.9 Å². The molecule has 1 atom stereocenters. The van der Waals surface area contributed by atoms with Gasteiger partial charge in [-0.15, -0.1) is 0 Å². The molecular formula is C22H15ClFNO4S. The summed E-state index contributed by atoms with van der Waals surface area (Å²) in [5.74, 6) is -0.552. The van der Waals surface area contributed by atoms with E-state index in [1.165, 1.54) is 36.4 Å². The predicted octanol–water partition coefficient (Wildman–Crippen LogP) is 4.37. The number of carbonyl (C=O) groups excluding carboxylic acids is 1. The Morgan fingerprint density at radius 2 is 1.67 bits per heavy atom. The Kier molecular flexibility index (Phi) is 5.19. The highest BCUT2D eigenvalue weighted by molar-refractivity contribution is 7.89.